The van der Waals surface area contributed by atoms with Gasteiger partial charge in [-0.1, -0.05) is 36.4 Å². The number of carboxylic acids is 1. The van der Waals surface area contributed by atoms with Gasteiger partial charge in [-0.2, -0.15) is 12.6 Å². The van der Waals surface area contributed by atoms with Crippen LogP contribution in [0.1, 0.15) is 6.92 Å². The standard InChI is InChI=1S/C15H11NO2.C3H6O2S/c17-14-7-5-12(6-8-14)11-1-3-13(4-2-11)15-9-16-10-18-15;1-2(6)3(4)5/h1-10,17H;2,6H,1H3,(H,4,5). The number of phenolic OH excluding ortho intramolecular Hbond substituents is 1. The summed E-state index contributed by atoms with van der Waals surface area (Å²) in [4.78, 5) is 13.5. The Morgan fingerprint density at radius 2 is 1.50 bits per heavy atom. The first kappa shape index (κ1) is 17.6. The zero-order valence-electron chi connectivity index (χ0n) is 13.0. The number of oxazole rings is 1. The lowest BCUT2D eigenvalue weighted by Crippen LogP contribution is -2.06. The highest BCUT2D eigenvalue weighted by Crippen LogP contribution is 2.25. The molecule has 3 rings (SSSR count). The fraction of sp³-hybridized carbons (Fsp3) is 0.111. The van der Waals surface area contributed by atoms with E-state index in [1.54, 1.807) is 18.3 Å². The Morgan fingerprint density at radius 3 is 1.92 bits per heavy atom. The van der Waals surface area contributed by atoms with Gasteiger partial charge in [0.25, 0.3) is 0 Å². The first-order valence-corrected chi connectivity index (χ1v) is 7.68. The van der Waals surface area contributed by atoms with Crippen LogP contribution in [-0.4, -0.2) is 26.4 Å². The molecule has 0 aliphatic carbocycles. The second-order valence-corrected chi connectivity index (χ2v) is 5.78. The minimum atomic E-state index is -0.877. The van der Waals surface area contributed by atoms with E-state index in [4.69, 9.17) is 9.52 Å². The smallest absolute Gasteiger partial charge is 0.316 e. The molecule has 2 aromatic carbocycles. The largest absolute Gasteiger partial charge is 0.508 e. The normalized spacial score (nSPS) is 11.2. The maximum Gasteiger partial charge on any atom is 0.316 e. The third-order valence-corrected chi connectivity index (χ3v) is 3.38. The molecular weight excluding hydrogens is 326 g/mol. The van der Waals surface area contributed by atoms with Crippen LogP contribution in [0.2, 0.25) is 0 Å². The number of aliphatic carboxylic acids is 1. The van der Waals surface area contributed by atoms with Gasteiger partial charge in [0.05, 0.1) is 11.4 Å². The number of nitrogens with zero attached hydrogens (tertiary/aromatic N) is 1. The van der Waals surface area contributed by atoms with Crippen molar-refractivity contribution in [2.75, 3.05) is 0 Å². The first-order valence-electron chi connectivity index (χ1n) is 7.16. The Balaban J connectivity index is 0.000000301. The molecule has 5 nitrogen and oxygen atoms in total. The average Bonchev–Trinajstić information content (AvgIpc) is 3.11. The second-order valence-electron chi connectivity index (χ2n) is 5.00. The lowest BCUT2D eigenvalue weighted by Gasteiger charge is -2.03. The van der Waals surface area contributed by atoms with Gasteiger partial charge in [0.1, 0.15) is 5.75 Å². The van der Waals surface area contributed by atoms with Gasteiger partial charge in [-0.3, -0.25) is 4.79 Å². The maximum atomic E-state index is 9.62. The fourth-order valence-corrected chi connectivity index (χ4v) is 1.84. The number of carboxylic acid groups (broad SMARTS) is 1. The van der Waals surface area contributed by atoms with Crippen LogP contribution < -0.4 is 0 Å². The van der Waals surface area contributed by atoms with Crippen molar-refractivity contribution in [3.63, 3.8) is 0 Å². The maximum absolute atomic E-state index is 9.62. The number of hydrogen-bond acceptors (Lipinski definition) is 5. The van der Waals surface area contributed by atoms with Crippen LogP contribution in [0.4, 0.5) is 0 Å². The van der Waals surface area contributed by atoms with Gasteiger partial charge in [0, 0.05) is 5.56 Å². The van der Waals surface area contributed by atoms with Crippen molar-refractivity contribution in [1.82, 2.24) is 4.98 Å². The summed E-state index contributed by atoms with van der Waals surface area (Å²) in [6.45, 7) is 1.51. The zero-order chi connectivity index (χ0) is 17.5. The third kappa shape index (κ3) is 4.89. The molecule has 0 radical (unpaired) electrons. The Bertz CT molecular complexity index is 766. The molecule has 24 heavy (non-hydrogen) atoms. The number of phenols is 1. The number of aromatic hydroxyl groups is 1. The van der Waals surface area contributed by atoms with E-state index in [-0.39, 0.29) is 5.75 Å². The van der Waals surface area contributed by atoms with Crippen molar-refractivity contribution in [3.8, 4) is 28.2 Å². The van der Waals surface area contributed by atoms with E-state index in [0.29, 0.717) is 0 Å². The summed E-state index contributed by atoms with van der Waals surface area (Å²) in [5.74, 6) is 0.155. The van der Waals surface area contributed by atoms with Crippen molar-refractivity contribution < 1.29 is 19.4 Å². The Hall–Kier alpha value is -2.73. The van der Waals surface area contributed by atoms with Gasteiger partial charge in [0.2, 0.25) is 0 Å². The SMILES string of the molecule is CC(S)C(=O)O.Oc1ccc(-c2ccc(-c3cnco3)cc2)cc1. The van der Waals surface area contributed by atoms with Gasteiger partial charge in [-0.05, 0) is 30.2 Å². The fourth-order valence-electron chi connectivity index (χ4n) is 1.84. The van der Waals surface area contributed by atoms with Crippen molar-refractivity contribution >= 4 is 18.6 Å². The van der Waals surface area contributed by atoms with Crippen LogP contribution in [0, 0.1) is 0 Å². The number of hydrogen-bond donors (Lipinski definition) is 3. The Morgan fingerprint density at radius 1 is 1.04 bits per heavy atom. The molecule has 1 aromatic heterocycles. The van der Waals surface area contributed by atoms with E-state index < -0.39 is 11.2 Å². The van der Waals surface area contributed by atoms with Crippen LogP contribution in [0.3, 0.4) is 0 Å². The Kier molecular flexibility index (Phi) is 6.03. The van der Waals surface area contributed by atoms with Gasteiger partial charge in [-0.25, -0.2) is 4.98 Å². The van der Waals surface area contributed by atoms with E-state index in [0.717, 1.165) is 22.5 Å². The van der Waals surface area contributed by atoms with E-state index in [9.17, 15) is 9.90 Å². The second kappa shape index (κ2) is 8.21. The molecule has 2 N–H and O–H groups in total. The zero-order valence-corrected chi connectivity index (χ0v) is 13.9. The van der Waals surface area contributed by atoms with Crippen molar-refractivity contribution in [3.05, 3.63) is 61.1 Å². The highest BCUT2D eigenvalue weighted by Gasteiger charge is 2.02. The molecule has 0 aliphatic rings. The van der Waals surface area contributed by atoms with Crippen LogP contribution in [0.15, 0.2) is 65.5 Å². The van der Waals surface area contributed by atoms with Crippen molar-refractivity contribution in [2.24, 2.45) is 0 Å². The number of rotatable bonds is 3. The van der Waals surface area contributed by atoms with Crippen LogP contribution >= 0.6 is 12.6 Å². The lowest BCUT2D eigenvalue weighted by molar-refractivity contribution is -0.136. The Labute approximate surface area is 145 Å². The van der Waals surface area contributed by atoms with Gasteiger partial charge in [-0.15, -0.1) is 0 Å². The number of carbonyl (C=O) groups is 1. The molecule has 0 spiro atoms. The monoisotopic (exact) mass is 343 g/mol. The first-order chi connectivity index (χ1) is 11.5. The quantitative estimate of drug-likeness (QED) is 0.624. The molecular formula is C18H17NO4S. The summed E-state index contributed by atoms with van der Waals surface area (Å²) >= 11 is 3.59. The number of aromatic nitrogens is 1. The summed E-state index contributed by atoms with van der Waals surface area (Å²) in [5, 5.41) is 16.6. The highest BCUT2D eigenvalue weighted by atomic mass is 32.1. The van der Waals surface area contributed by atoms with Gasteiger partial charge >= 0.3 is 5.97 Å². The lowest BCUT2D eigenvalue weighted by atomic mass is 10.0. The molecule has 0 saturated carbocycles. The summed E-state index contributed by atoms with van der Waals surface area (Å²) in [5.41, 5.74) is 3.16. The van der Waals surface area contributed by atoms with Crippen LogP contribution in [-0.2, 0) is 4.79 Å². The highest BCUT2D eigenvalue weighted by molar-refractivity contribution is 7.81. The summed E-state index contributed by atoms with van der Waals surface area (Å²) in [6.07, 6.45) is 3.11. The number of benzene rings is 2. The molecule has 3 aromatic rings. The van der Waals surface area contributed by atoms with E-state index in [1.807, 2.05) is 36.4 Å². The third-order valence-electron chi connectivity index (χ3n) is 3.16. The number of thiol groups is 1. The van der Waals surface area contributed by atoms with Crippen LogP contribution in [0.5, 0.6) is 5.75 Å². The van der Waals surface area contributed by atoms with Crippen molar-refractivity contribution in [2.45, 2.75) is 12.2 Å². The molecule has 0 bridgehead atoms. The van der Waals surface area contributed by atoms with Crippen LogP contribution in [0.25, 0.3) is 22.5 Å². The average molecular weight is 343 g/mol. The van der Waals surface area contributed by atoms with E-state index in [2.05, 4.69) is 17.6 Å². The predicted molar refractivity (Wildman–Crippen MR) is 95.1 cm³/mol. The molecule has 1 heterocycles. The predicted octanol–water partition coefficient (Wildman–Crippen LogP) is 4.10. The minimum Gasteiger partial charge on any atom is -0.508 e. The molecule has 0 aliphatic heterocycles. The van der Waals surface area contributed by atoms with E-state index >= 15 is 0 Å². The molecule has 0 saturated heterocycles. The molecule has 0 fully saturated rings. The summed E-state index contributed by atoms with van der Waals surface area (Å²) in [7, 11) is 0. The molecule has 1 unspecified atom stereocenters. The van der Waals surface area contributed by atoms with Gasteiger partial charge < -0.3 is 14.6 Å². The molecule has 6 heteroatoms. The topological polar surface area (TPSA) is 83.6 Å². The molecule has 124 valence electrons. The van der Waals surface area contributed by atoms with E-state index in [1.165, 1.54) is 13.3 Å². The van der Waals surface area contributed by atoms with Gasteiger partial charge in [0.15, 0.2) is 12.2 Å². The summed E-state index contributed by atoms with van der Waals surface area (Å²) < 4.78 is 5.24. The summed E-state index contributed by atoms with van der Waals surface area (Å²) in [6, 6.07) is 15.1. The molecule has 1 atom stereocenters. The minimum absolute atomic E-state index is 0.275. The molecule has 0 amide bonds. The van der Waals surface area contributed by atoms with Crippen molar-refractivity contribution in [1.29, 1.82) is 0 Å².